The summed E-state index contributed by atoms with van der Waals surface area (Å²) in [4.78, 5) is 19.6. The van der Waals surface area contributed by atoms with Crippen molar-refractivity contribution in [3.05, 3.63) is 0 Å². The maximum absolute atomic E-state index is 10.2. The monoisotopic (exact) mass is 207 g/mol. The highest BCUT2D eigenvalue weighted by Crippen LogP contribution is 2.06. The zero-order valence-corrected chi connectivity index (χ0v) is 8.13. The van der Waals surface area contributed by atoms with Crippen LogP contribution in [0.15, 0.2) is 0 Å². The molecule has 68 valence electrons. The zero-order valence-electron chi connectivity index (χ0n) is 6.49. The fourth-order valence-corrected chi connectivity index (χ4v) is 1.13. The Labute approximate surface area is 79.7 Å². The van der Waals surface area contributed by atoms with Gasteiger partial charge in [-0.3, -0.25) is 9.59 Å². The molecule has 2 N–H and O–H groups in total. The van der Waals surface area contributed by atoms with Crippen molar-refractivity contribution >= 4 is 40.2 Å². The number of thioether (sulfide) groups is 1. The molecule has 1 rings (SSSR count). The van der Waals surface area contributed by atoms with Gasteiger partial charge in [-0.25, -0.2) is 0 Å². The van der Waals surface area contributed by atoms with E-state index in [1.165, 1.54) is 11.8 Å². The van der Waals surface area contributed by atoms with Crippen molar-refractivity contribution in [3.63, 3.8) is 0 Å². The Hall–Kier alpha value is -0.620. The Morgan fingerprint density at radius 3 is 2.42 bits per heavy atom. The first-order valence-corrected chi connectivity index (χ1v) is 4.64. The van der Waals surface area contributed by atoms with E-state index < -0.39 is 5.97 Å². The summed E-state index contributed by atoms with van der Waals surface area (Å²) in [7, 11) is 0. The molecule has 0 saturated carbocycles. The van der Waals surface area contributed by atoms with Crippen molar-refractivity contribution < 1.29 is 14.7 Å². The Bertz CT molecular complexity index is 191. The van der Waals surface area contributed by atoms with Crippen molar-refractivity contribution in [1.29, 1.82) is 0 Å². The zero-order chi connectivity index (χ0) is 9.56. The Balaban J connectivity index is 0.000000217. The Kier molecular flexibility index (Phi) is 5.65. The average Bonchev–Trinajstić information content (AvgIpc) is 2.36. The van der Waals surface area contributed by atoms with Gasteiger partial charge in [0.1, 0.15) is 4.32 Å². The average molecular weight is 207 g/mol. The van der Waals surface area contributed by atoms with E-state index in [0.29, 0.717) is 10.1 Å². The first kappa shape index (κ1) is 11.4. The van der Waals surface area contributed by atoms with Crippen LogP contribution in [-0.4, -0.2) is 27.1 Å². The molecule has 0 aliphatic carbocycles. The number of carbonyl (C=O) groups is 2. The summed E-state index contributed by atoms with van der Waals surface area (Å²) in [6, 6.07) is 0. The smallest absolute Gasteiger partial charge is 0.303 e. The molecule has 1 amide bonds. The lowest BCUT2D eigenvalue weighted by Crippen LogP contribution is -2.18. The van der Waals surface area contributed by atoms with E-state index in [2.05, 4.69) is 17.5 Å². The predicted octanol–water partition coefficient (Wildman–Crippen LogP) is 0.615. The fourth-order valence-electron chi connectivity index (χ4n) is 0.317. The molecule has 0 spiro atoms. The van der Waals surface area contributed by atoms with E-state index in [1.54, 1.807) is 6.92 Å². The minimum Gasteiger partial charge on any atom is -0.481 e. The topological polar surface area (TPSA) is 66.4 Å². The maximum Gasteiger partial charge on any atom is 0.303 e. The lowest BCUT2D eigenvalue weighted by molar-refractivity contribution is -0.136. The fraction of sp³-hybridized carbons (Fsp3) is 0.500. The van der Waals surface area contributed by atoms with E-state index in [9.17, 15) is 9.59 Å². The summed E-state index contributed by atoms with van der Waals surface area (Å²) in [5, 5.41) is 10.2. The number of rotatable bonds is 1. The van der Waals surface area contributed by atoms with E-state index >= 15 is 0 Å². The molecular formula is C6H9NO3S2. The minimum absolute atomic E-state index is 0.0231. The van der Waals surface area contributed by atoms with Crippen LogP contribution < -0.4 is 5.32 Å². The summed E-state index contributed by atoms with van der Waals surface area (Å²) in [6.45, 7) is 1.60. The predicted molar refractivity (Wildman–Crippen MR) is 51.1 cm³/mol. The maximum atomic E-state index is 10.2. The molecule has 1 heterocycles. The van der Waals surface area contributed by atoms with Gasteiger partial charge in [0, 0.05) is 6.42 Å². The van der Waals surface area contributed by atoms with Crippen molar-refractivity contribution in [2.75, 3.05) is 5.75 Å². The largest absolute Gasteiger partial charge is 0.481 e. The number of carbonyl (C=O) groups excluding carboxylic acids is 1. The second-order valence-electron chi connectivity index (χ2n) is 1.87. The number of carboxylic acids is 1. The molecule has 0 aromatic heterocycles. The molecule has 1 saturated heterocycles. The van der Waals surface area contributed by atoms with Crippen LogP contribution in [0.2, 0.25) is 0 Å². The van der Waals surface area contributed by atoms with Gasteiger partial charge in [0.05, 0.1) is 5.75 Å². The lowest BCUT2D eigenvalue weighted by atomic mass is 10.5. The number of hydrogen-bond acceptors (Lipinski definition) is 4. The molecule has 6 heteroatoms. The highest BCUT2D eigenvalue weighted by Gasteiger charge is 2.13. The molecule has 4 nitrogen and oxygen atoms in total. The van der Waals surface area contributed by atoms with Crippen LogP contribution >= 0.6 is 24.0 Å². The normalized spacial score (nSPS) is 14.8. The lowest BCUT2D eigenvalue weighted by Gasteiger charge is -1.81. The SMILES string of the molecule is CCC(=O)O.O=C1CSC(=S)N1. The second-order valence-corrected chi connectivity index (χ2v) is 3.52. The molecule has 0 aromatic carbocycles. The molecule has 0 unspecified atom stereocenters. The van der Waals surface area contributed by atoms with Crippen molar-refractivity contribution in [1.82, 2.24) is 5.32 Å². The van der Waals surface area contributed by atoms with E-state index in [4.69, 9.17) is 5.11 Å². The third-order valence-electron chi connectivity index (χ3n) is 0.878. The number of carboxylic acid groups (broad SMARTS) is 1. The summed E-state index contributed by atoms with van der Waals surface area (Å²) in [5.41, 5.74) is 0. The first-order valence-electron chi connectivity index (χ1n) is 3.24. The van der Waals surface area contributed by atoms with Crippen LogP contribution in [0.5, 0.6) is 0 Å². The molecule has 0 aromatic rings. The van der Waals surface area contributed by atoms with Gasteiger partial charge < -0.3 is 10.4 Å². The van der Waals surface area contributed by atoms with Gasteiger partial charge >= 0.3 is 5.97 Å². The van der Waals surface area contributed by atoms with Gasteiger partial charge in [-0.2, -0.15) is 0 Å². The summed E-state index contributed by atoms with van der Waals surface area (Å²) in [5.74, 6) is -0.223. The number of thiocarbonyl (C=S) groups is 1. The quantitative estimate of drug-likeness (QED) is 0.617. The minimum atomic E-state index is -0.745. The third-order valence-corrected chi connectivity index (χ3v) is 2.10. The van der Waals surface area contributed by atoms with Gasteiger partial charge in [0.15, 0.2) is 0 Å². The molecule has 1 aliphatic heterocycles. The number of aliphatic carboxylic acids is 1. The molecule has 1 fully saturated rings. The number of nitrogens with one attached hydrogen (secondary N) is 1. The molecule has 0 bridgehead atoms. The number of hydrogen-bond donors (Lipinski definition) is 2. The Morgan fingerprint density at radius 2 is 2.33 bits per heavy atom. The van der Waals surface area contributed by atoms with E-state index in [1.807, 2.05) is 0 Å². The first-order chi connectivity index (χ1) is 5.56. The van der Waals surface area contributed by atoms with Crippen molar-refractivity contribution in [3.8, 4) is 0 Å². The summed E-state index contributed by atoms with van der Waals surface area (Å²) >= 11 is 6.00. The summed E-state index contributed by atoms with van der Waals surface area (Å²) in [6.07, 6.45) is 0.222. The molecule has 12 heavy (non-hydrogen) atoms. The third kappa shape index (κ3) is 6.11. The number of amides is 1. The van der Waals surface area contributed by atoms with Crippen molar-refractivity contribution in [2.45, 2.75) is 13.3 Å². The van der Waals surface area contributed by atoms with Crippen LogP contribution in [0.1, 0.15) is 13.3 Å². The molecule has 1 aliphatic rings. The van der Waals surface area contributed by atoms with Gasteiger partial charge in [-0.1, -0.05) is 30.9 Å². The van der Waals surface area contributed by atoms with Gasteiger partial charge in [0.25, 0.3) is 0 Å². The van der Waals surface area contributed by atoms with Crippen LogP contribution in [0, 0.1) is 0 Å². The molecule has 0 atom stereocenters. The highest BCUT2D eigenvalue weighted by atomic mass is 32.2. The molecular weight excluding hydrogens is 198 g/mol. The van der Waals surface area contributed by atoms with Crippen LogP contribution in [-0.2, 0) is 9.59 Å². The van der Waals surface area contributed by atoms with Crippen LogP contribution in [0.4, 0.5) is 0 Å². The van der Waals surface area contributed by atoms with Crippen molar-refractivity contribution in [2.24, 2.45) is 0 Å². The summed E-state index contributed by atoms with van der Waals surface area (Å²) < 4.78 is 0.602. The van der Waals surface area contributed by atoms with Crippen LogP contribution in [0.25, 0.3) is 0 Å². The Morgan fingerprint density at radius 1 is 1.83 bits per heavy atom. The highest BCUT2D eigenvalue weighted by molar-refractivity contribution is 8.24. The molecule has 0 radical (unpaired) electrons. The van der Waals surface area contributed by atoms with Crippen LogP contribution in [0.3, 0.4) is 0 Å². The van der Waals surface area contributed by atoms with Gasteiger partial charge in [0.2, 0.25) is 5.91 Å². The standard InChI is InChI=1S/C3H3NOS2.C3H6O2/c5-2-1-7-3(6)4-2;1-2-3(4)5/h1H2,(H,4,5,6);2H2,1H3,(H,4,5). The van der Waals surface area contributed by atoms with Gasteiger partial charge in [-0.05, 0) is 0 Å². The van der Waals surface area contributed by atoms with E-state index in [0.717, 1.165) is 0 Å². The van der Waals surface area contributed by atoms with Gasteiger partial charge in [-0.15, -0.1) is 0 Å². The van der Waals surface area contributed by atoms with E-state index in [-0.39, 0.29) is 12.3 Å². The second kappa shape index (κ2) is 5.96.